The predicted octanol–water partition coefficient (Wildman–Crippen LogP) is 2.03. The van der Waals surface area contributed by atoms with Gasteiger partial charge in [0.1, 0.15) is 12.1 Å². The maximum atomic E-state index is 13.2. The monoisotopic (exact) mass is 423 g/mol. The number of aliphatic hydroxyl groups excluding tert-OH is 1. The molecule has 0 spiro atoms. The van der Waals surface area contributed by atoms with E-state index in [0.717, 1.165) is 5.56 Å². The summed E-state index contributed by atoms with van der Waals surface area (Å²) in [7, 11) is 0. The van der Waals surface area contributed by atoms with Crippen LogP contribution in [-0.2, 0) is 14.4 Å². The lowest BCUT2D eigenvalue weighted by molar-refractivity contribution is -0.144. The van der Waals surface area contributed by atoms with Crippen LogP contribution in [0.2, 0.25) is 5.02 Å². The van der Waals surface area contributed by atoms with Crippen LogP contribution < -0.4 is 10.6 Å². The smallest absolute Gasteiger partial charge is 0.246 e. The summed E-state index contributed by atoms with van der Waals surface area (Å²) in [5.74, 6) is -1.04. The zero-order chi connectivity index (χ0) is 21.9. The number of nitrogens with zero attached hydrogens (tertiary/aromatic N) is 1. The van der Waals surface area contributed by atoms with Crippen molar-refractivity contribution in [3.05, 3.63) is 34.9 Å². The summed E-state index contributed by atoms with van der Waals surface area (Å²) in [5.41, 5.74) is 0.332. The summed E-state index contributed by atoms with van der Waals surface area (Å²) in [6.45, 7) is 8.77. The molecule has 3 N–H and O–H groups in total. The first-order valence-corrected chi connectivity index (χ1v) is 10.1. The van der Waals surface area contributed by atoms with Crippen molar-refractivity contribution >= 4 is 29.3 Å². The van der Waals surface area contributed by atoms with E-state index in [9.17, 15) is 19.5 Å². The Morgan fingerprint density at radius 3 is 2.28 bits per heavy atom. The van der Waals surface area contributed by atoms with Crippen molar-refractivity contribution in [3.63, 3.8) is 0 Å². The van der Waals surface area contributed by atoms with Gasteiger partial charge >= 0.3 is 0 Å². The van der Waals surface area contributed by atoms with Crippen LogP contribution in [0.15, 0.2) is 24.3 Å². The number of rotatable bonds is 5. The number of likely N-dealkylation sites (tertiary alicyclic amines) is 1. The topological polar surface area (TPSA) is 98.7 Å². The van der Waals surface area contributed by atoms with Crippen LogP contribution in [0.5, 0.6) is 0 Å². The summed E-state index contributed by atoms with van der Waals surface area (Å²) in [5, 5.41) is 16.3. The molecule has 3 amide bonds. The zero-order valence-electron chi connectivity index (χ0n) is 17.5. The van der Waals surface area contributed by atoms with Gasteiger partial charge in [0.25, 0.3) is 0 Å². The van der Waals surface area contributed by atoms with Crippen molar-refractivity contribution in [3.8, 4) is 0 Å². The molecule has 4 atom stereocenters. The third-order valence-corrected chi connectivity index (χ3v) is 5.31. The number of amides is 3. The predicted molar refractivity (Wildman–Crippen MR) is 111 cm³/mol. The molecule has 0 saturated carbocycles. The van der Waals surface area contributed by atoms with Gasteiger partial charge in [-0.25, -0.2) is 0 Å². The van der Waals surface area contributed by atoms with E-state index in [1.165, 1.54) is 11.8 Å². The number of β-amino-alcohol motifs (C(OH)–C–C–N with tert-alkyl or cyclic N) is 1. The fourth-order valence-electron chi connectivity index (χ4n) is 3.47. The number of aliphatic hydroxyl groups is 1. The Kier molecular flexibility index (Phi) is 7.30. The molecule has 0 bridgehead atoms. The summed E-state index contributed by atoms with van der Waals surface area (Å²) in [6, 6.07) is 5.26. The van der Waals surface area contributed by atoms with Crippen LogP contribution in [0, 0.1) is 5.41 Å². The van der Waals surface area contributed by atoms with Gasteiger partial charge in [-0.15, -0.1) is 0 Å². The lowest BCUT2D eigenvalue weighted by atomic mass is 9.85. The molecule has 1 aliphatic rings. The van der Waals surface area contributed by atoms with E-state index in [0.29, 0.717) is 5.02 Å². The van der Waals surface area contributed by atoms with Crippen molar-refractivity contribution in [2.45, 2.75) is 65.3 Å². The molecule has 1 heterocycles. The average Bonchev–Trinajstić information content (AvgIpc) is 3.00. The third kappa shape index (κ3) is 5.93. The van der Waals surface area contributed by atoms with E-state index in [4.69, 9.17) is 11.6 Å². The zero-order valence-corrected chi connectivity index (χ0v) is 18.3. The number of halogens is 1. The van der Waals surface area contributed by atoms with Gasteiger partial charge < -0.3 is 20.6 Å². The highest BCUT2D eigenvalue weighted by molar-refractivity contribution is 6.30. The fourth-order valence-corrected chi connectivity index (χ4v) is 3.59. The maximum absolute atomic E-state index is 13.2. The van der Waals surface area contributed by atoms with Crippen molar-refractivity contribution in [2.24, 2.45) is 5.41 Å². The molecular weight excluding hydrogens is 394 g/mol. The minimum Gasteiger partial charge on any atom is -0.391 e. The second-order valence-electron chi connectivity index (χ2n) is 8.68. The van der Waals surface area contributed by atoms with Crippen LogP contribution in [0.1, 0.15) is 52.6 Å². The minimum atomic E-state index is -0.800. The molecule has 29 heavy (non-hydrogen) atoms. The molecule has 0 aromatic heterocycles. The number of hydrogen-bond donors (Lipinski definition) is 3. The van der Waals surface area contributed by atoms with Gasteiger partial charge in [0, 0.05) is 24.9 Å². The van der Waals surface area contributed by atoms with Crippen LogP contribution in [0.3, 0.4) is 0 Å². The highest BCUT2D eigenvalue weighted by Crippen LogP contribution is 2.27. The Bertz CT molecular complexity index is 760. The van der Waals surface area contributed by atoms with Gasteiger partial charge in [-0.05, 0) is 30.0 Å². The van der Waals surface area contributed by atoms with Gasteiger partial charge in [-0.3, -0.25) is 14.4 Å². The average molecular weight is 424 g/mol. The van der Waals surface area contributed by atoms with E-state index in [1.807, 2.05) is 39.8 Å². The summed E-state index contributed by atoms with van der Waals surface area (Å²) < 4.78 is 0. The highest BCUT2D eigenvalue weighted by Gasteiger charge is 2.44. The Labute approximate surface area is 176 Å². The fraction of sp³-hybridized carbons (Fsp3) is 0.571. The minimum absolute atomic E-state index is 0.0540. The molecule has 160 valence electrons. The maximum Gasteiger partial charge on any atom is 0.246 e. The van der Waals surface area contributed by atoms with E-state index < -0.39 is 23.6 Å². The molecule has 2 rings (SSSR count). The molecule has 0 aliphatic carbocycles. The van der Waals surface area contributed by atoms with E-state index in [-0.39, 0.29) is 36.7 Å². The SMILES string of the molecule is CC(=O)NC(C(=O)N1C[C@H](O)C[C@H]1C(=O)N[C@@H](C)c1ccc(Cl)cc1)C(C)(C)C. The first-order chi connectivity index (χ1) is 13.4. The van der Waals surface area contributed by atoms with Crippen molar-refractivity contribution in [2.75, 3.05) is 6.54 Å². The van der Waals surface area contributed by atoms with Crippen molar-refractivity contribution in [1.82, 2.24) is 15.5 Å². The van der Waals surface area contributed by atoms with Gasteiger partial charge in [0.05, 0.1) is 12.1 Å². The molecule has 1 saturated heterocycles. The molecule has 1 fully saturated rings. The second-order valence-corrected chi connectivity index (χ2v) is 9.11. The van der Waals surface area contributed by atoms with E-state index in [2.05, 4.69) is 10.6 Å². The number of benzene rings is 1. The molecule has 8 heteroatoms. The van der Waals surface area contributed by atoms with Gasteiger partial charge in [0.2, 0.25) is 17.7 Å². The van der Waals surface area contributed by atoms with E-state index in [1.54, 1.807) is 12.1 Å². The third-order valence-electron chi connectivity index (χ3n) is 5.05. The standard InChI is InChI=1S/C21H30ClN3O4/c1-12(14-6-8-15(22)9-7-14)23-19(28)17-10-16(27)11-25(17)20(29)18(21(3,4)5)24-13(2)26/h6-9,12,16-18,27H,10-11H2,1-5H3,(H,23,28)(H,24,26)/t12-,16+,17-,18?/m0/s1. The van der Waals surface area contributed by atoms with Crippen LogP contribution >= 0.6 is 11.6 Å². The molecule has 1 aromatic rings. The quantitative estimate of drug-likeness (QED) is 0.674. The van der Waals surface area contributed by atoms with Gasteiger partial charge in [0.15, 0.2) is 0 Å². The van der Waals surface area contributed by atoms with Crippen LogP contribution in [0.25, 0.3) is 0 Å². The molecule has 7 nitrogen and oxygen atoms in total. The number of nitrogens with one attached hydrogen (secondary N) is 2. The second kappa shape index (κ2) is 9.13. The Hall–Kier alpha value is -2.12. The molecule has 1 aromatic carbocycles. The van der Waals surface area contributed by atoms with Crippen molar-refractivity contribution in [1.29, 1.82) is 0 Å². The first-order valence-electron chi connectivity index (χ1n) is 9.71. The Balaban J connectivity index is 2.17. The lowest BCUT2D eigenvalue weighted by Crippen LogP contribution is -2.57. The van der Waals surface area contributed by atoms with Crippen LogP contribution in [0.4, 0.5) is 0 Å². The molecular formula is C21H30ClN3O4. The molecule has 1 aliphatic heterocycles. The summed E-state index contributed by atoms with van der Waals surface area (Å²) >= 11 is 5.91. The van der Waals surface area contributed by atoms with Crippen molar-refractivity contribution < 1.29 is 19.5 Å². The largest absolute Gasteiger partial charge is 0.391 e. The number of hydrogen-bond acceptors (Lipinski definition) is 4. The normalized spacial score (nSPS) is 21.4. The van der Waals surface area contributed by atoms with Gasteiger partial charge in [-0.1, -0.05) is 44.5 Å². The van der Waals surface area contributed by atoms with Crippen LogP contribution in [-0.4, -0.2) is 52.5 Å². The highest BCUT2D eigenvalue weighted by atomic mass is 35.5. The molecule has 1 unspecified atom stereocenters. The number of carbonyl (C=O) groups is 3. The molecule has 0 radical (unpaired) electrons. The van der Waals surface area contributed by atoms with Gasteiger partial charge in [-0.2, -0.15) is 0 Å². The lowest BCUT2D eigenvalue weighted by Gasteiger charge is -2.35. The summed E-state index contributed by atoms with van der Waals surface area (Å²) in [6.07, 6.45) is -0.638. The first kappa shape index (κ1) is 23.2. The van der Waals surface area contributed by atoms with E-state index >= 15 is 0 Å². The summed E-state index contributed by atoms with van der Waals surface area (Å²) in [4.78, 5) is 39.1. The number of carbonyl (C=O) groups excluding carboxylic acids is 3. The Morgan fingerprint density at radius 2 is 1.76 bits per heavy atom. The Morgan fingerprint density at radius 1 is 1.17 bits per heavy atom.